The average Bonchev–Trinajstić information content (AvgIpc) is 2.35. The Labute approximate surface area is 117 Å². The summed E-state index contributed by atoms with van der Waals surface area (Å²) in [6, 6.07) is 5.74. The topological polar surface area (TPSA) is 47.3 Å². The van der Waals surface area contributed by atoms with Crippen molar-refractivity contribution in [3.8, 4) is 5.75 Å². The van der Waals surface area contributed by atoms with Gasteiger partial charge in [0.25, 0.3) is 0 Å². The molecule has 2 atom stereocenters. The van der Waals surface area contributed by atoms with Crippen molar-refractivity contribution in [1.29, 1.82) is 0 Å². The van der Waals surface area contributed by atoms with Crippen LogP contribution >= 0.6 is 0 Å². The van der Waals surface area contributed by atoms with Gasteiger partial charge in [-0.25, -0.2) is 0 Å². The number of hydrogen-bond donors (Lipinski definition) is 2. The van der Waals surface area contributed by atoms with Crippen LogP contribution in [-0.2, 0) is 0 Å². The Kier molecular flexibility index (Phi) is 6.29. The van der Waals surface area contributed by atoms with E-state index in [4.69, 9.17) is 5.84 Å². The summed E-state index contributed by atoms with van der Waals surface area (Å²) in [5.41, 5.74) is 3.56. The number of benzene rings is 1. The maximum atomic E-state index is 12.1. The van der Waals surface area contributed by atoms with E-state index < -0.39 is 6.36 Å². The lowest BCUT2D eigenvalue weighted by molar-refractivity contribution is -0.274. The molecule has 1 aromatic rings. The predicted octanol–water partition coefficient (Wildman–Crippen LogP) is 3.92. The highest BCUT2D eigenvalue weighted by molar-refractivity contribution is 5.29. The number of alkyl halides is 3. The first kappa shape index (κ1) is 16.8. The Bertz CT molecular complexity index is 392. The van der Waals surface area contributed by atoms with Crippen LogP contribution in [0, 0.1) is 5.92 Å². The third-order valence-corrected chi connectivity index (χ3v) is 3.14. The molecule has 0 aromatic heterocycles. The number of halogens is 3. The third kappa shape index (κ3) is 5.79. The fourth-order valence-electron chi connectivity index (χ4n) is 2.22. The molecule has 0 aliphatic carbocycles. The van der Waals surface area contributed by atoms with Gasteiger partial charge in [-0.1, -0.05) is 38.8 Å². The predicted molar refractivity (Wildman–Crippen MR) is 71.9 cm³/mol. The zero-order valence-corrected chi connectivity index (χ0v) is 11.7. The van der Waals surface area contributed by atoms with Crippen LogP contribution in [-0.4, -0.2) is 6.36 Å². The van der Waals surface area contributed by atoms with E-state index in [1.54, 1.807) is 12.1 Å². The number of nitrogens with one attached hydrogen (secondary N) is 1. The first-order valence-corrected chi connectivity index (χ1v) is 6.67. The van der Waals surface area contributed by atoms with Crippen LogP contribution < -0.4 is 16.0 Å². The van der Waals surface area contributed by atoms with Gasteiger partial charge in [0.2, 0.25) is 0 Å². The second-order valence-corrected chi connectivity index (χ2v) is 4.97. The molecule has 3 nitrogen and oxygen atoms in total. The first-order valence-electron chi connectivity index (χ1n) is 6.67. The summed E-state index contributed by atoms with van der Waals surface area (Å²) >= 11 is 0. The van der Waals surface area contributed by atoms with Gasteiger partial charge < -0.3 is 4.74 Å². The fraction of sp³-hybridized carbons (Fsp3) is 0.571. The van der Waals surface area contributed by atoms with Gasteiger partial charge in [-0.15, -0.1) is 13.2 Å². The van der Waals surface area contributed by atoms with E-state index in [1.807, 2.05) is 0 Å². The SMILES string of the molecule is CCCC(C)CC(NN)c1ccc(OC(F)(F)F)cc1. The molecule has 0 amide bonds. The molecular weight excluding hydrogens is 269 g/mol. The number of rotatable bonds is 7. The molecule has 20 heavy (non-hydrogen) atoms. The second-order valence-electron chi connectivity index (χ2n) is 4.97. The van der Waals surface area contributed by atoms with Crippen molar-refractivity contribution in [1.82, 2.24) is 5.43 Å². The lowest BCUT2D eigenvalue weighted by atomic mass is 9.93. The minimum absolute atomic E-state index is 0.0727. The Morgan fingerprint density at radius 3 is 2.30 bits per heavy atom. The summed E-state index contributed by atoms with van der Waals surface area (Å²) in [4.78, 5) is 0. The monoisotopic (exact) mass is 290 g/mol. The van der Waals surface area contributed by atoms with Gasteiger partial charge in [-0.2, -0.15) is 0 Å². The molecule has 0 saturated heterocycles. The Morgan fingerprint density at radius 1 is 1.25 bits per heavy atom. The number of nitrogens with two attached hydrogens (primary N) is 1. The van der Waals surface area contributed by atoms with Gasteiger partial charge in [0.05, 0.1) is 0 Å². The van der Waals surface area contributed by atoms with Gasteiger partial charge in [0.1, 0.15) is 5.75 Å². The minimum Gasteiger partial charge on any atom is -0.406 e. The Morgan fingerprint density at radius 2 is 1.85 bits per heavy atom. The van der Waals surface area contributed by atoms with Gasteiger partial charge in [0, 0.05) is 6.04 Å². The molecule has 0 heterocycles. The maximum Gasteiger partial charge on any atom is 0.573 e. The van der Waals surface area contributed by atoms with Crippen LogP contribution in [0.3, 0.4) is 0 Å². The molecule has 3 N–H and O–H groups in total. The van der Waals surface area contributed by atoms with Crippen molar-refractivity contribution in [2.45, 2.75) is 45.5 Å². The number of hydrogen-bond acceptors (Lipinski definition) is 3. The van der Waals surface area contributed by atoms with Crippen molar-refractivity contribution < 1.29 is 17.9 Å². The lowest BCUT2D eigenvalue weighted by Crippen LogP contribution is -2.29. The molecule has 2 unspecified atom stereocenters. The average molecular weight is 290 g/mol. The van der Waals surface area contributed by atoms with E-state index in [0.717, 1.165) is 24.8 Å². The zero-order chi connectivity index (χ0) is 15.2. The molecule has 0 radical (unpaired) electrons. The van der Waals surface area contributed by atoms with Gasteiger partial charge in [-0.3, -0.25) is 11.3 Å². The summed E-state index contributed by atoms with van der Waals surface area (Å²) in [5.74, 6) is 5.80. The van der Waals surface area contributed by atoms with Crippen molar-refractivity contribution in [3.63, 3.8) is 0 Å². The summed E-state index contributed by atoms with van der Waals surface area (Å²) < 4.78 is 40.0. The van der Waals surface area contributed by atoms with Gasteiger partial charge in [0.15, 0.2) is 0 Å². The molecule has 1 rings (SSSR count). The van der Waals surface area contributed by atoms with Crippen LogP contribution in [0.5, 0.6) is 5.75 Å². The highest BCUT2D eigenvalue weighted by Crippen LogP contribution is 2.27. The molecule has 0 saturated carbocycles. The van der Waals surface area contributed by atoms with Crippen molar-refractivity contribution in [2.75, 3.05) is 0 Å². The molecule has 0 fully saturated rings. The summed E-state index contributed by atoms with van der Waals surface area (Å²) in [6.45, 7) is 4.25. The standard InChI is InChI=1S/C14H21F3N2O/c1-3-4-10(2)9-13(19-18)11-5-7-12(8-6-11)20-14(15,16)17/h5-8,10,13,19H,3-4,9,18H2,1-2H3. The molecule has 0 aliphatic rings. The first-order chi connectivity index (χ1) is 9.35. The minimum atomic E-state index is -4.66. The quantitative estimate of drug-likeness (QED) is 0.591. The van der Waals surface area contributed by atoms with E-state index in [1.165, 1.54) is 12.1 Å². The lowest BCUT2D eigenvalue weighted by Gasteiger charge is -2.20. The zero-order valence-electron chi connectivity index (χ0n) is 11.7. The van der Waals surface area contributed by atoms with E-state index in [9.17, 15) is 13.2 Å². The molecule has 0 aliphatic heterocycles. The summed E-state index contributed by atoms with van der Waals surface area (Å²) in [5, 5.41) is 0. The smallest absolute Gasteiger partial charge is 0.406 e. The van der Waals surface area contributed by atoms with E-state index in [2.05, 4.69) is 24.0 Å². The van der Waals surface area contributed by atoms with Crippen LogP contribution in [0.4, 0.5) is 13.2 Å². The molecule has 6 heteroatoms. The largest absolute Gasteiger partial charge is 0.573 e. The van der Waals surface area contributed by atoms with Crippen molar-refractivity contribution in [2.24, 2.45) is 11.8 Å². The van der Waals surface area contributed by atoms with Crippen LogP contribution in [0.1, 0.15) is 44.7 Å². The number of ether oxygens (including phenoxy) is 1. The fourth-order valence-corrected chi connectivity index (χ4v) is 2.22. The molecule has 114 valence electrons. The molecule has 1 aromatic carbocycles. The van der Waals surface area contributed by atoms with E-state index in [0.29, 0.717) is 5.92 Å². The highest BCUT2D eigenvalue weighted by Gasteiger charge is 2.31. The number of hydrazine groups is 1. The van der Waals surface area contributed by atoms with Crippen molar-refractivity contribution in [3.05, 3.63) is 29.8 Å². The van der Waals surface area contributed by atoms with Crippen LogP contribution in [0.25, 0.3) is 0 Å². The van der Waals surface area contributed by atoms with E-state index in [-0.39, 0.29) is 11.8 Å². The molecule has 0 bridgehead atoms. The highest BCUT2D eigenvalue weighted by atomic mass is 19.4. The van der Waals surface area contributed by atoms with Gasteiger partial charge in [-0.05, 0) is 30.0 Å². The maximum absolute atomic E-state index is 12.1. The second kappa shape index (κ2) is 7.50. The van der Waals surface area contributed by atoms with Crippen LogP contribution in [0.2, 0.25) is 0 Å². The molecular formula is C14H21F3N2O. The third-order valence-electron chi connectivity index (χ3n) is 3.14. The van der Waals surface area contributed by atoms with Crippen molar-refractivity contribution >= 4 is 0 Å². The normalized spacial score (nSPS) is 14.9. The Hall–Kier alpha value is -1.27. The molecule has 0 spiro atoms. The van der Waals surface area contributed by atoms with Gasteiger partial charge >= 0.3 is 6.36 Å². The van der Waals surface area contributed by atoms with E-state index >= 15 is 0 Å². The van der Waals surface area contributed by atoms with Crippen LogP contribution in [0.15, 0.2) is 24.3 Å². The summed E-state index contributed by atoms with van der Waals surface area (Å²) in [6.07, 6.45) is -1.64. The summed E-state index contributed by atoms with van der Waals surface area (Å²) in [7, 11) is 0. The Balaban J connectivity index is 2.69.